The summed E-state index contributed by atoms with van der Waals surface area (Å²) in [6.07, 6.45) is 5.24. The van der Waals surface area contributed by atoms with Gasteiger partial charge in [0.2, 0.25) is 5.95 Å². The molecule has 1 aromatic carbocycles. The van der Waals surface area contributed by atoms with Crippen LogP contribution in [0.25, 0.3) is 0 Å². The zero-order valence-electron chi connectivity index (χ0n) is 12.2. The maximum Gasteiger partial charge on any atom is 0.203 e. The van der Waals surface area contributed by atoms with E-state index in [1.54, 1.807) is 0 Å². The molecule has 0 radical (unpaired) electrons. The van der Waals surface area contributed by atoms with E-state index in [1.165, 1.54) is 18.6 Å². The highest BCUT2D eigenvalue weighted by Crippen LogP contribution is 2.11. The van der Waals surface area contributed by atoms with Crippen molar-refractivity contribution >= 4 is 5.95 Å². The van der Waals surface area contributed by atoms with Crippen LogP contribution in [0.15, 0.2) is 30.5 Å². The molecule has 0 fully saturated rings. The Morgan fingerprint density at radius 1 is 1.25 bits per heavy atom. The van der Waals surface area contributed by atoms with Gasteiger partial charge in [-0.15, -0.1) is 0 Å². The van der Waals surface area contributed by atoms with E-state index in [1.807, 2.05) is 19.1 Å². The molecule has 0 atom stereocenters. The van der Waals surface area contributed by atoms with Crippen molar-refractivity contribution < 1.29 is 4.39 Å². The monoisotopic (exact) mass is 275 g/mol. The number of halogens is 1. The van der Waals surface area contributed by atoms with E-state index >= 15 is 0 Å². The van der Waals surface area contributed by atoms with Crippen LogP contribution in [0.2, 0.25) is 0 Å². The van der Waals surface area contributed by atoms with E-state index < -0.39 is 0 Å². The number of nitrogens with zero attached hydrogens (tertiary/aromatic N) is 2. The van der Waals surface area contributed by atoms with Crippen LogP contribution in [-0.2, 0) is 13.0 Å². The van der Waals surface area contributed by atoms with Gasteiger partial charge in [0.05, 0.1) is 5.69 Å². The van der Waals surface area contributed by atoms with Crippen molar-refractivity contribution in [1.82, 2.24) is 9.55 Å². The number of rotatable bonds is 7. The standard InChI is InChI=1S/C16H22FN3/c1-3-4-10-18-16-19-13(2)12-20(16)11-9-14-5-7-15(17)8-6-14/h5-8,12H,3-4,9-11H2,1-2H3,(H,18,19). The van der Waals surface area contributed by atoms with Crippen LogP contribution in [0, 0.1) is 12.7 Å². The fourth-order valence-electron chi connectivity index (χ4n) is 2.14. The van der Waals surface area contributed by atoms with E-state index in [0.29, 0.717) is 0 Å². The summed E-state index contributed by atoms with van der Waals surface area (Å²) in [4.78, 5) is 4.50. The van der Waals surface area contributed by atoms with Crippen LogP contribution in [0.1, 0.15) is 31.0 Å². The number of benzene rings is 1. The number of unbranched alkanes of at least 4 members (excludes halogenated alkanes) is 1. The van der Waals surface area contributed by atoms with Crippen molar-refractivity contribution in [2.45, 2.75) is 39.7 Å². The second-order valence-corrected chi connectivity index (χ2v) is 5.06. The second-order valence-electron chi connectivity index (χ2n) is 5.06. The number of anilines is 1. The summed E-state index contributed by atoms with van der Waals surface area (Å²) in [5.41, 5.74) is 2.15. The first kappa shape index (κ1) is 14.6. The molecular weight excluding hydrogens is 253 g/mol. The lowest BCUT2D eigenvalue weighted by atomic mass is 10.1. The molecule has 0 bridgehead atoms. The van der Waals surface area contributed by atoms with Gasteiger partial charge >= 0.3 is 0 Å². The third-order valence-corrected chi connectivity index (χ3v) is 3.27. The average molecular weight is 275 g/mol. The molecule has 0 unspecified atom stereocenters. The Bertz CT molecular complexity index is 531. The fourth-order valence-corrected chi connectivity index (χ4v) is 2.14. The summed E-state index contributed by atoms with van der Waals surface area (Å²) >= 11 is 0. The lowest BCUT2D eigenvalue weighted by Gasteiger charge is -2.09. The summed E-state index contributed by atoms with van der Waals surface area (Å²) in [6, 6.07) is 6.69. The Kier molecular flexibility index (Phi) is 5.16. The minimum atomic E-state index is -0.186. The molecule has 1 aromatic heterocycles. The average Bonchev–Trinajstić information content (AvgIpc) is 2.79. The molecule has 0 aliphatic rings. The Morgan fingerprint density at radius 2 is 2.00 bits per heavy atom. The number of nitrogens with one attached hydrogen (secondary N) is 1. The van der Waals surface area contributed by atoms with Crippen LogP contribution >= 0.6 is 0 Å². The minimum Gasteiger partial charge on any atom is -0.356 e. The number of aryl methyl sites for hydroxylation is 3. The summed E-state index contributed by atoms with van der Waals surface area (Å²) in [6.45, 7) is 5.97. The minimum absolute atomic E-state index is 0.186. The van der Waals surface area contributed by atoms with Gasteiger partial charge in [0.25, 0.3) is 0 Å². The van der Waals surface area contributed by atoms with E-state index in [9.17, 15) is 4.39 Å². The van der Waals surface area contributed by atoms with E-state index in [0.717, 1.165) is 43.1 Å². The fraction of sp³-hybridized carbons (Fsp3) is 0.438. The third-order valence-electron chi connectivity index (χ3n) is 3.27. The highest BCUT2D eigenvalue weighted by atomic mass is 19.1. The predicted molar refractivity (Wildman–Crippen MR) is 80.5 cm³/mol. The Labute approximate surface area is 119 Å². The van der Waals surface area contributed by atoms with Gasteiger partial charge in [-0.2, -0.15) is 0 Å². The highest BCUT2D eigenvalue weighted by molar-refractivity contribution is 5.29. The number of imidazole rings is 1. The van der Waals surface area contributed by atoms with Gasteiger partial charge in [-0.3, -0.25) is 0 Å². The maximum absolute atomic E-state index is 12.9. The quantitative estimate of drug-likeness (QED) is 0.779. The largest absolute Gasteiger partial charge is 0.356 e. The van der Waals surface area contributed by atoms with Gasteiger partial charge < -0.3 is 9.88 Å². The molecule has 0 amide bonds. The first-order chi connectivity index (χ1) is 9.69. The molecule has 3 nitrogen and oxygen atoms in total. The molecule has 0 spiro atoms. The summed E-state index contributed by atoms with van der Waals surface area (Å²) in [7, 11) is 0. The highest BCUT2D eigenvalue weighted by Gasteiger charge is 2.05. The lowest BCUT2D eigenvalue weighted by molar-refractivity contribution is 0.625. The van der Waals surface area contributed by atoms with Crippen molar-refractivity contribution in [3.63, 3.8) is 0 Å². The molecule has 0 aliphatic heterocycles. The Morgan fingerprint density at radius 3 is 2.70 bits per heavy atom. The van der Waals surface area contributed by atoms with E-state index in [4.69, 9.17) is 0 Å². The zero-order chi connectivity index (χ0) is 14.4. The molecule has 1 N–H and O–H groups in total. The molecule has 2 aromatic rings. The zero-order valence-corrected chi connectivity index (χ0v) is 12.2. The molecular formula is C16H22FN3. The summed E-state index contributed by atoms with van der Waals surface area (Å²) in [5, 5.41) is 3.37. The topological polar surface area (TPSA) is 29.9 Å². The predicted octanol–water partition coefficient (Wildman–Crippen LogP) is 3.79. The van der Waals surface area contributed by atoms with E-state index in [-0.39, 0.29) is 5.82 Å². The molecule has 108 valence electrons. The van der Waals surface area contributed by atoms with Crippen molar-refractivity contribution in [2.24, 2.45) is 0 Å². The maximum atomic E-state index is 12.9. The third kappa shape index (κ3) is 4.08. The molecule has 20 heavy (non-hydrogen) atoms. The van der Waals surface area contributed by atoms with Crippen molar-refractivity contribution in [3.05, 3.63) is 47.5 Å². The molecule has 0 saturated carbocycles. The van der Waals surface area contributed by atoms with Crippen molar-refractivity contribution in [1.29, 1.82) is 0 Å². The van der Waals surface area contributed by atoms with Crippen LogP contribution < -0.4 is 5.32 Å². The molecule has 0 saturated heterocycles. The van der Waals surface area contributed by atoms with Crippen molar-refractivity contribution in [3.8, 4) is 0 Å². The van der Waals surface area contributed by atoms with Gasteiger partial charge in [-0.05, 0) is 37.5 Å². The van der Waals surface area contributed by atoms with Crippen LogP contribution in [0.4, 0.5) is 10.3 Å². The van der Waals surface area contributed by atoms with E-state index in [2.05, 4.69) is 28.0 Å². The smallest absolute Gasteiger partial charge is 0.203 e. The SMILES string of the molecule is CCCCNc1nc(C)cn1CCc1ccc(F)cc1. The van der Waals surface area contributed by atoms with Crippen LogP contribution in [0.3, 0.4) is 0 Å². The number of aromatic nitrogens is 2. The molecule has 4 heteroatoms. The van der Waals surface area contributed by atoms with Gasteiger partial charge in [-0.25, -0.2) is 9.37 Å². The van der Waals surface area contributed by atoms with Gasteiger partial charge in [-0.1, -0.05) is 25.5 Å². The second kappa shape index (κ2) is 7.08. The number of hydrogen-bond donors (Lipinski definition) is 1. The first-order valence-electron chi connectivity index (χ1n) is 7.21. The normalized spacial score (nSPS) is 10.8. The van der Waals surface area contributed by atoms with Gasteiger partial charge in [0, 0.05) is 19.3 Å². The summed E-state index contributed by atoms with van der Waals surface area (Å²) in [5.74, 6) is 0.743. The molecule has 2 rings (SSSR count). The molecule has 1 heterocycles. The van der Waals surface area contributed by atoms with Crippen LogP contribution in [-0.4, -0.2) is 16.1 Å². The van der Waals surface area contributed by atoms with Crippen molar-refractivity contribution in [2.75, 3.05) is 11.9 Å². The Balaban J connectivity index is 1.96. The first-order valence-corrected chi connectivity index (χ1v) is 7.21. The van der Waals surface area contributed by atoms with Crippen LogP contribution in [0.5, 0.6) is 0 Å². The lowest BCUT2D eigenvalue weighted by Crippen LogP contribution is -2.09. The molecule has 0 aliphatic carbocycles. The van der Waals surface area contributed by atoms with Gasteiger partial charge in [0.1, 0.15) is 5.82 Å². The summed E-state index contributed by atoms with van der Waals surface area (Å²) < 4.78 is 15.0. The number of hydrogen-bond acceptors (Lipinski definition) is 2. The Hall–Kier alpha value is -1.84. The van der Waals surface area contributed by atoms with Gasteiger partial charge in [0.15, 0.2) is 0 Å².